The lowest BCUT2D eigenvalue weighted by molar-refractivity contribution is 0.0523. The monoisotopic (exact) mass is 383 g/mol. The molecule has 3 saturated heterocycles. The SMILES string of the molecule is CC(C)C1CCN(C)CC1.CC(C)C1CCOC1.CC(C)C1CCOCC1. The largest absolute Gasteiger partial charge is 0.381 e. The Balaban J connectivity index is 0.000000204. The third kappa shape index (κ3) is 10.9. The fourth-order valence-corrected chi connectivity index (χ4v) is 4.16. The molecule has 3 heterocycles. The van der Waals surface area contributed by atoms with Gasteiger partial charge < -0.3 is 14.4 Å². The first kappa shape index (κ1) is 24.9. The summed E-state index contributed by atoms with van der Waals surface area (Å²) in [7, 11) is 2.22. The van der Waals surface area contributed by atoms with Crippen molar-refractivity contribution in [3.63, 3.8) is 0 Å². The van der Waals surface area contributed by atoms with Gasteiger partial charge in [0.15, 0.2) is 0 Å². The maximum absolute atomic E-state index is 5.25. The number of ether oxygens (including phenoxy) is 2. The van der Waals surface area contributed by atoms with Gasteiger partial charge in [-0.25, -0.2) is 0 Å². The number of piperidine rings is 1. The van der Waals surface area contributed by atoms with E-state index in [1.54, 1.807) is 0 Å². The van der Waals surface area contributed by atoms with E-state index in [4.69, 9.17) is 9.47 Å². The van der Waals surface area contributed by atoms with Crippen LogP contribution in [0.25, 0.3) is 0 Å². The number of rotatable bonds is 3. The van der Waals surface area contributed by atoms with Crippen LogP contribution < -0.4 is 0 Å². The summed E-state index contributed by atoms with van der Waals surface area (Å²) in [6, 6.07) is 0. The van der Waals surface area contributed by atoms with Gasteiger partial charge in [-0.2, -0.15) is 0 Å². The molecule has 3 fully saturated rings. The lowest BCUT2D eigenvalue weighted by Crippen LogP contribution is -2.32. The minimum Gasteiger partial charge on any atom is -0.381 e. The molecule has 3 aliphatic rings. The molecule has 3 rings (SSSR count). The summed E-state index contributed by atoms with van der Waals surface area (Å²) < 4.78 is 10.5. The fourth-order valence-electron chi connectivity index (χ4n) is 4.16. The molecule has 0 radical (unpaired) electrons. The summed E-state index contributed by atoms with van der Waals surface area (Å²) in [4.78, 5) is 2.43. The quantitative estimate of drug-likeness (QED) is 0.621. The molecule has 1 atom stereocenters. The second-order valence-corrected chi connectivity index (χ2v) is 9.95. The molecule has 0 bridgehead atoms. The maximum atomic E-state index is 5.25. The fraction of sp³-hybridized carbons (Fsp3) is 1.00. The average Bonchev–Trinajstić information content (AvgIpc) is 3.19. The molecule has 27 heavy (non-hydrogen) atoms. The van der Waals surface area contributed by atoms with Crippen LogP contribution in [0.3, 0.4) is 0 Å². The lowest BCUT2D eigenvalue weighted by atomic mass is 9.87. The topological polar surface area (TPSA) is 21.7 Å². The summed E-state index contributed by atoms with van der Waals surface area (Å²) >= 11 is 0. The van der Waals surface area contributed by atoms with Gasteiger partial charge in [0.2, 0.25) is 0 Å². The summed E-state index contributed by atoms with van der Waals surface area (Å²) in [6.07, 6.45) is 6.65. The Bertz CT molecular complexity index is 336. The Labute approximate surface area is 170 Å². The molecule has 3 nitrogen and oxygen atoms in total. The zero-order valence-electron chi connectivity index (χ0n) is 19.5. The van der Waals surface area contributed by atoms with Crippen molar-refractivity contribution >= 4 is 0 Å². The van der Waals surface area contributed by atoms with Crippen molar-refractivity contribution in [3.05, 3.63) is 0 Å². The van der Waals surface area contributed by atoms with Crippen LogP contribution in [-0.4, -0.2) is 51.5 Å². The van der Waals surface area contributed by atoms with Crippen molar-refractivity contribution in [3.8, 4) is 0 Å². The van der Waals surface area contributed by atoms with Gasteiger partial charge in [0.1, 0.15) is 0 Å². The van der Waals surface area contributed by atoms with Gasteiger partial charge in [-0.05, 0) is 87.7 Å². The van der Waals surface area contributed by atoms with E-state index in [1.807, 2.05) is 0 Å². The Hall–Kier alpha value is -0.120. The van der Waals surface area contributed by atoms with E-state index in [-0.39, 0.29) is 0 Å². The summed E-state index contributed by atoms with van der Waals surface area (Å²) in [6.45, 7) is 20.4. The predicted octanol–water partition coefficient (Wildman–Crippen LogP) is 5.73. The third-order valence-electron chi connectivity index (χ3n) is 6.82. The Kier molecular flexibility index (Phi) is 12.9. The van der Waals surface area contributed by atoms with Crippen LogP contribution in [0.15, 0.2) is 0 Å². The van der Waals surface area contributed by atoms with Crippen LogP contribution >= 0.6 is 0 Å². The van der Waals surface area contributed by atoms with Crippen molar-refractivity contribution in [2.24, 2.45) is 35.5 Å². The van der Waals surface area contributed by atoms with Crippen LogP contribution in [0.1, 0.15) is 73.6 Å². The van der Waals surface area contributed by atoms with E-state index in [0.29, 0.717) is 0 Å². The van der Waals surface area contributed by atoms with Crippen LogP contribution in [0.4, 0.5) is 0 Å². The van der Waals surface area contributed by atoms with Crippen molar-refractivity contribution < 1.29 is 9.47 Å². The molecule has 0 aromatic heterocycles. The summed E-state index contributed by atoms with van der Waals surface area (Å²) in [5, 5.41) is 0. The number of hydrogen-bond donors (Lipinski definition) is 0. The highest BCUT2D eigenvalue weighted by Gasteiger charge is 2.19. The van der Waals surface area contributed by atoms with E-state index >= 15 is 0 Å². The van der Waals surface area contributed by atoms with Crippen molar-refractivity contribution in [1.82, 2.24) is 4.90 Å². The van der Waals surface area contributed by atoms with E-state index in [2.05, 4.69) is 53.5 Å². The Morgan fingerprint density at radius 1 is 0.593 bits per heavy atom. The summed E-state index contributed by atoms with van der Waals surface area (Å²) in [5.74, 6) is 5.34. The van der Waals surface area contributed by atoms with Crippen molar-refractivity contribution in [2.45, 2.75) is 73.6 Å². The first-order valence-electron chi connectivity index (χ1n) is 11.6. The van der Waals surface area contributed by atoms with Crippen LogP contribution in [0.5, 0.6) is 0 Å². The number of likely N-dealkylation sites (tertiary alicyclic amines) is 1. The highest BCUT2D eigenvalue weighted by atomic mass is 16.5. The highest BCUT2D eigenvalue weighted by Crippen LogP contribution is 2.23. The van der Waals surface area contributed by atoms with Crippen molar-refractivity contribution in [2.75, 3.05) is 46.6 Å². The van der Waals surface area contributed by atoms with Crippen LogP contribution in [0, 0.1) is 35.5 Å². The standard InChI is InChI=1S/C9H19N.C8H16O.C7H14O/c1-8(2)9-4-6-10(3)7-5-9;1-7(2)8-3-5-9-6-4-8;1-6(2)7-3-4-8-5-7/h8-9H,4-7H2,1-3H3;7-8H,3-6H2,1-2H3;6-7H,3-5H2,1-2H3. The molecule has 0 amide bonds. The van der Waals surface area contributed by atoms with Gasteiger partial charge >= 0.3 is 0 Å². The Morgan fingerprint density at radius 3 is 1.33 bits per heavy atom. The first-order valence-corrected chi connectivity index (χ1v) is 11.6. The molecule has 0 spiro atoms. The molecule has 3 aliphatic heterocycles. The van der Waals surface area contributed by atoms with Gasteiger partial charge in [-0.15, -0.1) is 0 Å². The highest BCUT2D eigenvalue weighted by molar-refractivity contribution is 4.71. The second kappa shape index (κ2) is 14.0. The molecule has 0 N–H and O–H groups in total. The van der Waals surface area contributed by atoms with Gasteiger partial charge in [0.25, 0.3) is 0 Å². The first-order chi connectivity index (χ1) is 12.8. The van der Waals surface area contributed by atoms with E-state index in [1.165, 1.54) is 45.2 Å². The molecular formula is C24H49NO2. The molecule has 0 aliphatic carbocycles. The van der Waals surface area contributed by atoms with Gasteiger partial charge in [-0.1, -0.05) is 41.5 Å². The summed E-state index contributed by atoms with van der Waals surface area (Å²) in [5.41, 5.74) is 0. The maximum Gasteiger partial charge on any atom is 0.0497 e. The molecule has 0 aromatic carbocycles. The molecule has 1 unspecified atom stereocenters. The molecular weight excluding hydrogens is 334 g/mol. The number of hydrogen-bond acceptors (Lipinski definition) is 3. The Morgan fingerprint density at radius 2 is 1.00 bits per heavy atom. The third-order valence-corrected chi connectivity index (χ3v) is 6.82. The van der Waals surface area contributed by atoms with Gasteiger partial charge in [0, 0.05) is 26.4 Å². The minimum atomic E-state index is 0.817. The second-order valence-electron chi connectivity index (χ2n) is 9.95. The minimum absolute atomic E-state index is 0.817. The van der Waals surface area contributed by atoms with Crippen molar-refractivity contribution in [1.29, 1.82) is 0 Å². The van der Waals surface area contributed by atoms with Crippen LogP contribution in [0.2, 0.25) is 0 Å². The molecule has 3 heteroatoms. The van der Waals surface area contributed by atoms with E-state index < -0.39 is 0 Å². The smallest absolute Gasteiger partial charge is 0.0497 e. The van der Waals surface area contributed by atoms with Gasteiger partial charge in [-0.3, -0.25) is 0 Å². The van der Waals surface area contributed by atoms with E-state index in [9.17, 15) is 0 Å². The molecule has 162 valence electrons. The lowest BCUT2D eigenvalue weighted by Gasteiger charge is -2.31. The molecule has 0 aromatic rings. The predicted molar refractivity (Wildman–Crippen MR) is 117 cm³/mol. The average molecular weight is 384 g/mol. The number of nitrogens with zero attached hydrogens (tertiary/aromatic N) is 1. The molecule has 0 saturated carbocycles. The van der Waals surface area contributed by atoms with E-state index in [0.717, 1.165) is 61.9 Å². The van der Waals surface area contributed by atoms with Gasteiger partial charge in [0.05, 0.1) is 0 Å². The van der Waals surface area contributed by atoms with Crippen LogP contribution in [-0.2, 0) is 9.47 Å². The zero-order chi connectivity index (χ0) is 20.2. The zero-order valence-corrected chi connectivity index (χ0v) is 19.5. The normalized spacial score (nSPS) is 25.3.